The Bertz CT molecular complexity index is 901. The van der Waals surface area contributed by atoms with Gasteiger partial charge in [0.05, 0.1) is 12.7 Å². The van der Waals surface area contributed by atoms with Crippen LogP contribution in [-0.4, -0.2) is 23.3 Å². The number of nitrogens with zero attached hydrogens (tertiary/aromatic N) is 1. The Morgan fingerprint density at radius 1 is 1.15 bits per heavy atom. The molecule has 33 heavy (non-hydrogen) atoms. The number of aromatic nitrogens is 1. The van der Waals surface area contributed by atoms with Crippen molar-refractivity contribution in [2.45, 2.75) is 97.7 Å². The summed E-state index contributed by atoms with van der Waals surface area (Å²) >= 11 is 0. The maximum Gasteiger partial charge on any atom is 0.0699 e. The van der Waals surface area contributed by atoms with Crippen molar-refractivity contribution in [1.82, 2.24) is 4.98 Å². The maximum absolute atomic E-state index is 9.70. The summed E-state index contributed by atoms with van der Waals surface area (Å²) in [7, 11) is 2.01. The largest absolute Gasteiger partial charge is 0.392 e. The number of aliphatic hydroxyl groups is 1. The van der Waals surface area contributed by atoms with E-state index in [9.17, 15) is 5.11 Å². The van der Waals surface area contributed by atoms with E-state index in [1.807, 2.05) is 25.4 Å². The topological polar surface area (TPSA) is 42.4 Å². The fourth-order valence-corrected chi connectivity index (χ4v) is 11.0. The van der Waals surface area contributed by atoms with Gasteiger partial charge in [-0.25, -0.2) is 0 Å². The first-order valence-corrected chi connectivity index (χ1v) is 14.0. The molecule has 1 aromatic rings. The van der Waals surface area contributed by atoms with Gasteiger partial charge in [0, 0.05) is 24.4 Å². The first kappa shape index (κ1) is 22.5. The molecular formula is C30H45NO2. The summed E-state index contributed by atoms with van der Waals surface area (Å²) in [6, 6.07) is 3.97. The molecule has 6 rings (SSSR count). The van der Waals surface area contributed by atoms with Crippen molar-refractivity contribution < 1.29 is 9.84 Å². The van der Waals surface area contributed by atoms with Crippen molar-refractivity contribution in [1.29, 1.82) is 0 Å². The minimum Gasteiger partial charge on any atom is -0.392 e. The Balaban J connectivity index is 1.20. The van der Waals surface area contributed by atoms with Crippen LogP contribution in [0.4, 0.5) is 0 Å². The molecule has 10 atom stereocenters. The number of hydrogen-bond donors (Lipinski definition) is 1. The van der Waals surface area contributed by atoms with Crippen LogP contribution in [0.5, 0.6) is 0 Å². The van der Waals surface area contributed by atoms with Crippen molar-refractivity contribution in [3.05, 3.63) is 29.6 Å². The van der Waals surface area contributed by atoms with E-state index in [-0.39, 0.29) is 6.61 Å². The lowest BCUT2D eigenvalue weighted by Gasteiger charge is -2.61. The average Bonchev–Trinajstić information content (AvgIpc) is 3.33. The summed E-state index contributed by atoms with van der Waals surface area (Å²) in [5.74, 6) is 5.20. The van der Waals surface area contributed by atoms with Gasteiger partial charge in [-0.05, 0) is 122 Å². The minimum atomic E-state index is 0.103. The van der Waals surface area contributed by atoms with Crippen LogP contribution in [-0.2, 0) is 17.8 Å². The highest BCUT2D eigenvalue weighted by Gasteiger charge is 2.77. The molecule has 0 amide bonds. The zero-order valence-corrected chi connectivity index (χ0v) is 21.4. The van der Waals surface area contributed by atoms with Crippen molar-refractivity contribution in [2.24, 2.45) is 51.8 Å². The lowest BCUT2D eigenvalue weighted by Crippen LogP contribution is -2.57. The number of fused-ring (bicyclic) bond motifs is 4. The molecule has 1 aromatic heterocycles. The Labute approximate surface area is 201 Å². The monoisotopic (exact) mass is 451 g/mol. The molecule has 5 fully saturated rings. The second-order valence-electron chi connectivity index (χ2n) is 13.2. The van der Waals surface area contributed by atoms with E-state index in [2.05, 4.69) is 25.8 Å². The number of rotatable bonds is 6. The smallest absolute Gasteiger partial charge is 0.0699 e. The zero-order valence-electron chi connectivity index (χ0n) is 21.4. The third-order valence-corrected chi connectivity index (χ3v) is 12.6. The molecule has 1 heterocycles. The number of methoxy groups -OCH3 is 1. The van der Waals surface area contributed by atoms with Crippen LogP contribution < -0.4 is 0 Å². The standard InChI is InChI=1S/C30H45NO2/c1-19(7-10-26-20(18-32)6-5-15-31-26)23-8-9-24-22-16-27(33-4)30-17-21(30)11-14-29(30,3)25(22)12-13-28(23,24)2/h5-6,15,19,21-25,27,32H,7-14,16-18H2,1-4H3/t19-,21-,22+,23-,24+,25+,27?,28-,29-,30?/m1/s1. The molecule has 1 N–H and O–H groups in total. The average molecular weight is 452 g/mol. The minimum absolute atomic E-state index is 0.103. The second kappa shape index (κ2) is 7.79. The van der Waals surface area contributed by atoms with E-state index < -0.39 is 0 Å². The normalized spacial score (nSPS) is 48.5. The van der Waals surface area contributed by atoms with Crippen molar-refractivity contribution in [3.63, 3.8) is 0 Å². The van der Waals surface area contributed by atoms with Crippen molar-refractivity contribution in [3.8, 4) is 0 Å². The van der Waals surface area contributed by atoms with Gasteiger partial charge >= 0.3 is 0 Å². The highest BCUT2D eigenvalue weighted by molar-refractivity contribution is 5.26. The van der Waals surface area contributed by atoms with Gasteiger partial charge in [0.15, 0.2) is 0 Å². The van der Waals surface area contributed by atoms with Gasteiger partial charge in [0.1, 0.15) is 0 Å². The number of aliphatic hydroxyl groups excluding tert-OH is 1. The highest BCUT2D eigenvalue weighted by Crippen LogP contribution is 2.82. The molecule has 3 nitrogen and oxygen atoms in total. The Morgan fingerprint density at radius 2 is 2.00 bits per heavy atom. The third-order valence-electron chi connectivity index (χ3n) is 12.6. The fourth-order valence-electron chi connectivity index (χ4n) is 11.0. The molecule has 0 aromatic carbocycles. The summed E-state index contributed by atoms with van der Waals surface area (Å²) in [6.45, 7) is 7.97. The van der Waals surface area contributed by atoms with Crippen molar-refractivity contribution >= 4 is 0 Å². The molecule has 1 spiro atoms. The first-order valence-electron chi connectivity index (χ1n) is 14.0. The van der Waals surface area contributed by atoms with Crippen LogP contribution >= 0.6 is 0 Å². The summed E-state index contributed by atoms with van der Waals surface area (Å²) in [4.78, 5) is 4.59. The number of hydrogen-bond acceptors (Lipinski definition) is 3. The molecule has 0 saturated heterocycles. The summed E-state index contributed by atoms with van der Waals surface area (Å²) in [5, 5.41) is 9.70. The Morgan fingerprint density at radius 3 is 2.76 bits per heavy atom. The van der Waals surface area contributed by atoms with Crippen molar-refractivity contribution in [2.75, 3.05) is 7.11 Å². The maximum atomic E-state index is 9.70. The molecule has 0 radical (unpaired) electrons. The number of ether oxygens (including phenoxy) is 1. The fraction of sp³-hybridized carbons (Fsp3) is 0.833. The zero-order chi connectivity index (χ0) is 23.0. The van der Waals surface area contributed by atoms with E-state index >= 15 is 0 Å². The van der Waals surface area contributed by atoms with Gasteiger partial charge < -0.3 is 9.84 Å². The van der Waals surface area contributed by atoms with E-state index in [0.717, 1.165) is 47.3 Å². The van der Waals surface area contributed by atoms with Crippen LogP contribution in [0.25, 0.3) is 0 Å². The van der Waals surface area contributed by atoms with Gasteiger partial charge in [-0.3, -0.25) is 4.98 Å². The number of aryl methyl sites for hydroxylation is 1. The van der Waals surface area contributed by atoms with Gasteiger partial charge in [-0.15, -0.1) is 0 Å². The SMILES string of the molecule is COC1C[C@H]2[C@@H]3CC[C@H]([C@H](C)CCc4ncccc4CO)[C@@]3(C)CC[C@@H]2[C@@]2(C)CC[C@@H]3CC132. The molecule has 5 aliphatic rings. The molecule has 5 saturated carbocycles. The van der Waals surface area contributed by atoms with Gasteiger partial charge in [-0.1, -0.05) is 26.8 Å². The molecular weight excluding hydrogens is 406 g/mol. The van der Waals surface area contributed by atoms with Crippen LogP contribution in [0.15, 0.2) is 18.3 Å². The molecule has 2 unspecified atom stereocenters. The highest BCUT2D eigenvalue weighted by atomic mass is 16.5. The quantitative estimate of drug-likeness (QED) is 0.542. The van der Waals surface area contributed by atoms with Gasteiger partial charge in [-0.2, -0.15) is 0 Å². The van der Waals surface area contributed by atoms with Crippen LogP contribution in [0, 0.1) is 51.8 Å². The first-order chi connectivity index (χ1) is 15.9. The predicted octanol–water partition coefficient (Wildman–Crippen LogP) is 6.43. The lowest BCUT2D eigenvalue weighted by molar-refractivity contribution is -0.161. The Kier molecular flexibility index (Phi) is 5.32. The third kappa shape index (κ3) is 2.97. The molecule has 0 aliphatic heterocycles. The van der Waals surface area contributed by atoms with Gasteiger partial charge in [0.2, 0.25) is 0 Å². The van der Waals surface area contributed by atoms with Crippen LogP contribution in [0.2, 0.25) is 0 Å². The molecule has 3 heteroatoms. The van der Waals surface area contributed by atoms with Crippen LogP contribution in [0.1, 0.15) is 89.8 Å². The molecule has 0 bridgehead atoms. The summed E-state index contributed by atoms with van der Waals surface area (Å²) in [6.07, 6.45) is 16.0. The van der Waals surface area contributed by atoms with E-state index in [4.69, 9.17) is 4.74 Å². The second-order valence-corrected chi connectivity index (χ2v) is 13.2. The Hall–Kier alpha value is -0.930. The molecule has 5 aliphatic carbocycles. The van der Waals surface area contributed by atoms with E-state index in [0.29, 0.717) is 28.3 Å². The summed E-state index contributed by atoms with van der Waals surface area (Å²) in [5.41, 5.74) is 3.67. The van der Waals surface area contributed by atoms with Gasteiger partial charge in [0.25, 0.3) is 0 Å². The lowest BCUT2D eigenvalue weighted by atomic mass is 9.45. The van der Waals surface area contributed by atoms with Crippen LogP contribution in [0.3, 0.4) is 0 Å². The van der Waals surface area contributed by atoms with E-state index in [1.54, 1.807) is 0 Å². The molecule has 182 valence electrons. The predicted molar refractivity (Wildman–Crippen MR) is 131 cm³/mol. The number of pyridine rings is 1. The summed E-state index contributed by atoms with van der Waals surface area (Å²) < 4.78 is 6.30. The van der Waals surface area contributed by atoms with E-state index in [1.165, 1.54) is 57.8 Å².